The molecule has 2 heterocycles. The van der Waals surface area contributed by atoms with E-state index in [2.05, 4.69) is 20.8 Å². The van der Waals surface area contributed by atoms with Crippen molar-refractivity contribution in [1.82, 2.24) is 24.9 Å². The van der Waals surface area contributed by atoms with Crippen molar-refractivity contribution in [2.75, 3.05) is 11.9 Å². The molecule has 24 heavy (non-hydrogen) atoms. The number of carbonyl (C=O) groups excluding carboxylic acids is 2. The molecule has 0 radical (unpaired) electrons. The van der Waals surface area contributed by atoms with Crippen molar-refractivity contribution in [3.63, 3.8) is 0 Å². The summed E-state index contributed by atoms with van der Waals surface area (Å²) in [6, 6.07) is 1.20. The molecule has 2 aromatic rings. The molecule has 128 valence electrons. The Morgan fingerprint density at radius 1 is 1.42 bits per heavy atom. The molecule has 0 aliphatic rings. The van der Waals surface area contributed by atoms with Gasteiger partial charge in [-0.1, -0.05) is 6.92 Å². The van der Waals surface area contributed by atoms with E-state index in [9.17, 15) is 19.7 Å². The van der Waals surface area contributed by atoms with Crippen molar-refractivity contribution < 1.29 is 14.5 Å². The number of rotatable bonds is 7. The van der Waals surface area contributed by atoms with E-state index in [0.29, 0.717) is 6.54 Å². The lowest BCUT2D eigenvalue weighted by atomic mass is 10.3. The van der Waals surface area contributed by atoms with Crippen LogP contribution in [0.25, 0.3) is 0 Å². The second kappa shape index (κ2) is 7.35. The van der Waals surface area contributed by atoms with Crippen LogP contribution in [0, 0.1) is 10.1 Å². The van der Waals surface area contributed by atoms with Crippen LogP contribution in [0.15, 0.2) is 18.5 Å². The molecule has 2 amide bonds. The van der Waals surface area contributed by atoms with Crippen molar-refractivity contribution in [2.24, 2.45) is 7.05 Å². The number of amides is 2. The van der Waals surface area contributed by atoms with Crippen LogP contribution in [-0.4, -0.2) is 42.8 Å². The smallest absolute Gasteiger partial charge is 0.358 e. The highest BCUT2D eigenvalue weighted by Crippen LogP contribution is 2.14. The first kappa shape index (κ1) is 17.1. The highest BCUT2D eigenvalue weighted by Gasteiger charge is 2.19. The van der Waals surface area contributed by atoms with Gasteiger partial charge in [-0.15, -0.1) is 0 Å². The van der Waals surface area contributed by atoms with E-state index < -0.39 is 10.8 Å². The Bertz CT molecular complexity index is 764. The molecule has 2 aromatic heterocycles. The molecule has 11 heteroatoms. The maximum Gasteiger partial charge on any atom is 0.389 e. The van der Waals surface area contributed by atoms with Crippen LogP contribution in [0.3, 0.4) is 0 Å². The lowest BCUT2D eigenvalue weighted by Gasteiger charge is -2.07. The molecule has 2 N–H and O–H groups in total. The second-order valence-corrected chi connectivity index (χ2v) is 4.96. The number of nitrogens with zero attached hydrogens (tertiary/aromatic N) is 5. The number of nitrogens with one attached hydrogen (secondary N) is 2. The minimum Gasteiger partial charge on any atom is -0.358 e. The summed E-state index contributed by atoms with van der Waals surface area (Å²) in [4.78, 5) is 34.1. The molecule has 2 rings (SSSR count). The maximum absolute atomic E-state index is 12.1. The van der Waals surface area contributed by atoms with Gasteiger partial charge in [-0.25, -0.2) is 0 Å². The van der Waals surface area contributed by atoms with Gasteiger partial charge in [0, 0.05) is 13.6 Å². The highest BCUT2D eigenvalue weighted by atomic mass is 16.6. The number of hydrogen-bond acceptors (Lipinski definition) is 6. The summed E-state index contributed by atoms with van der Waals surface area (Å²) in [7, 11) is 1.59. The zero-order chi connectivity index (χ0) is 17.7. The summed E-state index contributed by atoms with van der Waals surface area (Å²) in [6.45, 7) is 2.21. The average Bonchev–Trinajstić information content (AvgIpc) is 3.12. The van der Waals surface area contributed by atoms with E-state index >= 15 is 0 Å². The minimum absolute atomic E-state index is 0.223. The van der Waals surface area contributed by atoms with Gasteiger partial charge in [-0.2, -0.15) is 9.78 Å². The van der Waals surface area contributed by atoms with Gasteiger partial charge in [0.25, 0.3) is 5.91 Å². The number of aryl methyl sites for hydroxylation is 1. The zero-order valence-corrected chi connectivity index (χ0v) is 13.2. The van der Waals surface area contributed by atoms with Gasteiger partial charge >= 0.3 is 5.82 Å². The Morgan fingerprint density at radius 2 is 2.17 bits per heavy atom. The normalized spacial score (nSPS) is 10.4. The van der Waals surface area contributed by atoms with E-state index in [-0.39, 0.29) is 29.7 Å². The van der Waals surface area contributed by atoms with Gasteiger partial charge < -0.3 is 20.7 Å². The standard InChI is InChI=1S/C13H17N7O4/c1-3-5-14-13(22)12-9(7-15-18(12)2)16-11(21)8-19-6-4-10(17-19)20(23)24/h4,6-7H,3,5,8H2,1-2H3,(H,14,22)(H,16,21). The van der Waals surface area contributed by atoms with Gasteiger partial charge in [0.05, 0.1) is 29.2 Å². The van der Waals surface area contributed by atoms with Crippen LogP contribution >= 0.6 is 0 Å². The van der Waals surface area contributed by atoms with Crippen molar-refractivity contribution in [1.29, 1.82) is 0 Å². The molecular weight excluding hydrogens is 318 g/mol. The van der Waals surface area contributed by atoms with Crippen molar-refractivity contribution in [2.45, 2.75) is 19.9 Å². The Hall–Kier alpha value is -3.24. The quantitative estimate of drug-likeness (QED) is 0.551. The summed E-state index contributed by atoms with van der Waals surface area (Å²) >= 11 is 0. The van der Waals surface area contributed by atoms with Gasteiger partial charge in [0.15, 0.2) is 0 Å². The van der Waals surface area contributed by atoms with Crippen molar-refractivity contribution >= 4 is 23.3 Å². The topological polar surface area (TPSA) is 137 Å². The summed E-state index contributed by atoms with van der Waals surface area (Å²) in [6.07, 6.45) is 3.48. The van der Waals surface area contributed by atoms with Gasteiger partial charge in [-0.3, -0.25) is 14.3 Å². The van der Waals surface area contributed by atoms with E-state index in [0.717, 1.165) is 11.1 Å². The van der Waals surface area contributed by atoms with Crippen molar-refractivity contribution in [3.8, 4) is 0 Å². The van der Waals surface area contributed by atoms with Crippen LogP contribution in [-0.2, 0) is 18.4 Å². The second-order valence-electron chi connectivity index (χ2n) is 4.96. The first-order valence-electron chi connectivity index (χ1n) is 7.20. The Morgan fingerprint density at radius 3 is 2.79 bits per heavy atom. The van der Waals surface area contributed by atoms with Gasteiger partial charge in [0.1, 0.15) is 12.2 Å². The Kier molecular flexibility index (Phi) is 5.24. The summed E-state index contributed by atoms with van der Waals surface area (Å²) in [5, 5.41) is 23.5. The Balaban J connectivity index is 2.06. The third kappa shape index (κ3) is 3.94. The fraction of sp³-hybridized carbons (Fsp3) is 0.385. The van der Waals surface area contributed by atoms with Crippen molar-refractivity contribution in [3.05, 3.63) is 34.3 Å². The molecule has 0 unspecified atom stereocenters. The predicted molar refractivity (Wildman–Crippen MR) is 83.3 cm³/mol. The van der Waals surface area contributed by atoms with E-state index in [4.69, 9.17) is 0 Å². The lowest BCUT2D eigenvalue weighted by molar-refractivity contribution is -0.389. The average molecular weight is 335 g/mol. The molecule has 0 aliphatic heterocycles. The zero-order valence-electron chi connectivity index (χ0n) is 13.2. The third-order valence-electron chi connectivity index (χ3n) is 3.08. The highest BCUT2D eigenvalue weighted by molar-refractivity contribution is 6.02. The number of hydrogen-bond donors (Lipinski definition) is 2. The fourth-order valence-corrected chi connectivity index (χ4v) is 1.99. The lowest BCUT2D eigenvalue weighted by Crippen LogP contribution is -2.28. The van der Waals surface area contributed by atoms with Crippen LogP contribution in [0.4, 0.5) is 11.5 Å². The maximum atomic E-state index is 12.1. The van der Waals surface area contributed by atoms with Crippen LogP contribution < -0.4 is 10.6 Å². The van der Waals surface area contributed by atoms with E-state index in [1.165, 1.54) is 23.1 Å². The van der Waals surface area contributed by atoms with Gasteiger partial charge in [-0.05, 0) is 11.3 Å². The van der Waals surface area contributed by atoms with Crippen LogP contribution in [0.5, 0.6) is 0 Å². The summed E-state index contributed by atoms with van der Waals surface area (Å²) in [5.74, 6) is -1.17. The van der Waals surface area contributed by atoms with Crippen LogP contribution in [0.1, 0.15) is 23.8 Å². The molecule has 11 nitrogen and oxygen atoms in total. The first-order valence-corrected chi connectivity index (χ1v) is 7.20. The number of carbonyl (C=O) groups is 2. The summed E-state index contributed by atoms with van der Waals surface area (Å²) in [5.41, 5.74) is 0.487. The number of anilines is 1. The largest absolute Gasteiger partial charge is 0.389 e. The minimum atomic E-state index is -0.647. The first-order chi connectivity index (χ1) is 11.4. The molecule has 0 saturated carbocycles. The third-order valence-corrected chi connectivity index (χ3v) is 3.08. The SMILES string of the molecule is CCCNC(=O)c1c(NC(=O)Cn2ccc([N+](=O)[O-])n2)cnn1C. The molecule has 0 aromatic carbocycles. The number of aromatic nitrogens is 4. The molecule has 0 saturated heterocycles. The molecule has 0 atom stereocenters. The molecule has 0 spiro atoms. The number of nitro groups is 1. The molecule has 0 bridgehead atoms. The predicted octanol–water partition coefficient (Wildman–Crippen LogP) is 0.303. The van der Waals surface area contributed by atoms with E-state index in [1.807, 2.05) is 6.92 Å². The fourth-order valence-electron chi connectivity index (χ4n) is 1.99. The monoisotopic (exact) mass is 335 g/mol. The van der Waals surface area contributed by atoms with Gasteiger partial charge in [0.2, 0.25) is 5.91 Å². The summed E-state index contributed by atoms with van der Waals surface area (Å²) < 4.78 is 2.50. The van der Waals surface area contributed by atoms with E-state index in [1.54, 1.807) is 7.05 Å². The Labute approximate surface area is 136 Å². The molecular formula is C13H17N7O4. The van der Waals surface area contributed by atoms with Crippen LogP contribution in [0.2, 0.25) is 0 Å². The molecule has 0 aliphatic carbocycles. The molecule has 0 fully saturated rings.